The van der Waals surface area contributed by atoms with E-state index in [1.54, 1.807) is 12.1 Å². The van der Waals surface area contributed by atoms with Crippen LogP contribution in [0.4, 0.5) is 11.4 Å². The third-order valence-corrected chi connectivity index (χ3v) is 5.91. The lowest BCUT2D eigenvalue weighted by Crippen LogP contribution is -2.29. The van der Waals surface area contributed by atoms with Crippen LogP contribution in [0.15, 0.2) is 42.5 Å². The first-order valence-corrected chi connectivity index (χ1v) is 8.82. The molecule has 2 aliphatic rings. The lowest BCUT2D eigenvalue weighted by atomic mass is 9.76. The van der Waals surface area contributed by atoms with Gasteiger partial charge < -0.3 is 5.32 Å². The smallest absolute Gasteiger partial charge is 0.288 e. The molecule has 4 rings (SSSR count). The molecule has 4 nitrogen and oxygen atoms in total. The van der Waals surface area contributed by atoms with Crippen molar-refractivity contribution in [1.82, 2.24) is 0 Å². The normalized spacial score (nSPS) is 23.7. The molecule has 3 unspecified atom stereocenters. The first-order valence-electron chi connectivity index (χ1n) is 8.44. The van der Waals surface area contributed by atoms with Crippen LogP contribution >= 0.6 is 11.6 Å². The van der Waals surface area contributed by atoms with Gasteiger partial charge in [-0.15, -0.1) is 0 Å². The number of nitro groups is 1. The Morgan fingerprint density at radius 1 is 1.24 bits per heavy atom. The largest absolute Gasteiger partial charge is 0.377 e. The molecule has 2 aromatic carbocycles. The maximum Gasteiger partial charge on any atom is 0.288 e. The fourth-order valence-electron chi connectivity index (χ4n) is 4.11. The molecule has 0 radical (unpaired) electrons. The summed E-state index contributed by atoms with van der Waals surface area (Å²) in [6.07, 6.45) is 5.46. The number of benzene rings is 2. The van der Waals surface area contributed by atoms with Gasteiger partial charge in [0.1, 0.15) is 5.02 Å². The molecule has 0 bridgehead atoms. The fraction of sp³-hybridized carbons (Fsp3) is 0.300. The van der Waals surface area contributed by atoms with Crippen molar-refractivity contribution in [2.24, 2.45) is 5.92 Å². The highest BCUT2D eigenvalue weighted by Gasteiger charge is 2.39. The van der Waals surface area contributed by atoms with Crippen molar-refractivity contribution in [3.05, 3.63) is 79.9 Å². The lowest BCUT2D eigenvalue weighted by Gasteiger charge is -2.38. The molecule has 0 aromatic heterocycles. The summed E-state index contributed by atoms with van der Waals surface area (Å²) in [5.41, 5.74) is 5.85. The van der Waals surface area contributed by atoms with Gasteiger partial charge in [-0.25, -0.2) is 0 Å². The van der Waals surface area contributed by atoms with E-state index in [-0.39, 0.29) is 16.8 Å². The molecular formula is C20H19ClN2O2. The molecule has 2 aromatic rings. The van der Waals surface area contributed by atoms with Gasteiger partial charge in [0, 0.05) is 17.7 Å². The molecule has 1 N–H and O–H groups in total. The third-order valence-electron chi connectivity index (χ3n) is 5.59. The number of allylic oxidation sites excluding steroid dienone is 2. The third kappa shape index (κ3) is 2.52. The zero-order valence-corrected chi connectivity index (χ0v) is 14.9. The number of hydrogen-bond donors (Lipinski definition) is 1. The maximum absolute atomic E-state index is 11.3. The summed E-state index contributed by atoms with van der Waals surface area (Å²) in [6.45, 7) is 4.23. The van der Waals surface area contributed by atoms with Gasteiger partial charge in [-0.05, 0) is 54.5 Å². The molecule has 0 fully saturated rings. The lowest BCUT2D eigenvalue weighted by molar-refractivity contribution is -0.384. The zero-order chi connectivity index (χ0) is 17.7. The average Bonchev–Trinajstić information content (AvgIpc) is 3.07. The quantitative estimate of drug-likeness (QED) is 0.428. The van der Waals surface area contributed by atoms with Crippen LogP contribution in [0.25, 0.3) is 0 Å². The van der Waals surface area contributed by atoms with Gasteiger partial charge in [-0.3, -0.25) is 10.1 Å². The Morgan fingerprint density at radius 2 is 2.04 bits per heavy atom. The highest BCUT2D eigenvalue weighted by Crippen LogP contribution is 2.51. The number of fused-ring (bicyclic) bond motifs is 3. The average molecular weight is 355 g/mol. The van der Waals surface area contributed by atoms with E-state index in [0.717, 1.165) is 17.7 Å². The van der Waals surface area contributed by atoms with E-state index in [0.29, 0.717) is 11.8 Å². The van der Waals surface area contributed by atoms with Crippen LogP contribution in [-0.4, -0.2) is 4.92 Å². The molecule has 25 heavy (non-hydrogen) atoms. The number of rotatable bonds is 2. The van der Waals surface area contributed by atoms with Crippen LogP contribution in [0, 0.1) is 29.9 Å². The summed E-state index contributed by atoms with van der Waals surface area (Å²) < 4.78 is 0. The van der Waals surface area contributed by atoms with E-state index >= 15 is 0 Å². The van der Waals surface area contributed by atoms with Crippen LogP contribution < -0.4 is 5.32 Å². The predicted molar refractivity (Wildman–Crippen MR) is 100 cm³/mol. The Bertz CT molecular complexity index is 907. The molecule has 3 atom stereocenters. The minimum absolute atomic E-state index is 0.0315. The molecular weight excluding hydrogens is 336 g/mol. The number of anilines is 1. The molecule has 0 saturated carbocycles. The van der Waals surface area contributed by atoms with Crippen molar-refractivity contribution < 1.29 is 4.92 Å². The molecule has 128 valence electrons. The van der Waals surface area contributed by atoms with Crippen molar-refractivity contribution in [2.75, 3.05) is 5.32 Å². The van der Waals surface area contributed by atoms with Crippen LogP contribution in [-0.2, 0) is 0 Å². The Balaban J connectivity index is 1.83. The number of nitrogens with zero attached hydrogens (tertiary/aromatic N) is 1. The second-order valence-electron chi connectivity index (χ2n) is 6.92. The van der Waals surface area contributed by atoms with E-state index in [1.165, 1.54) is 16.7 Å². The first-order chi connectivity index (χ1) is 12.0. The van der Waals surface area contributed by atoms with Gasteiger partial charge in [0.25, 0.3) is 5.69 Å². The minimum atomic E-state index is -0.414. The first kappa shape index (κ1) is 16.2. The van der Waals surface area contributed by atoms with Gasteiger partial charge >= 0.3 is 0 Å². The van der Waals surface area contributed by atoms with E-state index < -0.39 is 4.92 Å². The predicted octanol–water partition coefficient (Wildman–Crippen LogP) is 5.69. The summed E-state index contributed by atoms with van der Waals surface area (Å²) in [5, 5.41) is 15.1. The molecule has 1 heterocycles. The van der Waals surface area contributed by atoms with E-state index in [2.05, 4.69) is 43.4 Å². The number of hydrogen-bond acceptors (Lipinski definition) is 3. The Labute approximate surface area is 151 Å². The molecule has 1 aliphatic heterocycles. The van der Waals surface area contributed by atoms with Crippen molar-refractivity contribution in [1.29, 1.82) is 0 Å². The van der Waals surface area contributed by atoms with E-state index in [1.807, 2.05) is 6.07 Å². The van der Waals surface area contributed by atoms with Crippen molar-refractivity contribution >= 4 is 23.0 Å². The standard InChI is InChI=1S/C20H19ClN2O2/c1-11-6-8-16-14-4-3-5-15(14)20(22-19(16)12(11)2)13-7-9-17(21)18(10-13)23(24)25/h3-4,6-10,14-15,20,22H,5H2,1-2H3. The number of nitrogens with one attached hydrogen (secondary N) is 1. The molecule has 0 spiro atoms. The van der Waals surface area contributed by atoms with Crippen LogP contribution in [0.3, 0.4) is 0 Å². The monoisotopic (exact) mass is 354 g/mol. The second kappa shape index (κ2) is 5.88. The van der Waals surface area contributed by atoms with Gasteiger partial charge in [-0.1, -0.05) is 42.0 Å². The van der Waals surface area contributed by atoms with E-state index in [4.69, 9.17) is 11.6 Å². The molecule has 1 aliphatic carbocycles. The number of halogens is 1. The summed E-state index contributed by atoms with van der Waals surface area (Å²) in [6, 6.07) is 9.56. The Kier molecular flexibility index (Phi) is 3.80. The van der Waals surface area contributed by atoms with Crippen molar-refractivity contribution in [3.63, 3.8) is 0 Å². The summed E-state index contributed by atoms with van der Waals surface area (Å²) in [7, 11) is 0. The molecule has 5 heteroatoms. The highest BCUT2D eigenvalue weighted by molar-refractivity contribution is 6.32. The summed E-state index contributed by atoms with van der Waals surface area (Å²) >= 11 is 5.99. The molecule has 0 saturated heterocycles. The van der Waals surface area contributed by atoms with Crippen LogP contribution in [0.5, 0.6) is 0 Å². The highest BCUT2D eigenvalue weighted by atomic mass is 35.5. The maximum atomic E-state index is 11.3. The minimum Gasteiger partial charge on any atom is -0.377 e. The second-order valence-corrected chi connectivity index (χ2v) is 7.32. The van der Waals surface area contributed by atoms with Gasteiger partial charge in [-0.2, -0.15) is 0 Å². The summed E-state index contributed by atoms with van der Waals surface area (Å²) in [4.78, 5) is 10.9. The SMILES string of the molecule is Cc1ccc2c(c1C)NC(c1ccc(Cl)c([N+](=O)[O-])c1)C1CC=CC21. The zero-order valence-electron chi connectivity index (χ0n) is 14.1. The van der Waals surface area contributed by atoms with E-state index in [9.17, 15) is 10.1 Å². The van der Waals surface area contributed by atoms with Gasteiger partial charge in [0.15, 0.2) is 0 Å². The van der Waals surface area contributed by atoms with Crippen LogP contribution in [0.2, 0.25) is 5.02 Å². The molecule has 0 amide bonds. The topological polar surface area (TPSA) is 55.2 Å². The van der Waals surface area contributed by atoms with Gasteiger partial charge in [0.2, 0.25) is 0 Å². The van der Waals surface area contributed by atoms with Crippen molar-refractivity contribution in [2.45, 2.75) is 32.2 Å². The summed E-state index contributed by atoms with van der Waals surface area (Å²) in [5.74, 6) is 0.700. The number of aryl methyl sites for hydroxylation is 1. The van der Waals surface area contributed by atoms with Crippen LogP contribution in [0.1, 0.15) is 40.6 Å². The Hall–Kier alpha value is -2.33. The fourth-order valence-corrected chi connectivity index (χ4v) is 4.30. The number of nitro benzene ring substituents is 1. The Morgan fingerprint density at radius 3 is 2.80 bits per heavy atom. The van der Waals surface area contributed by atoms with Crippen molar-refractivity contribution in [3.8, 4) is 0 Å². The van der Waals surface area contributed by atoms with Gasteiger partial charge in [0.05, 0.1) is 11.0 Å².